The second-order valence-corrected chi connectivity index (χ2v) is 5.94. The third-order valence-electron chi connectivity index (χ3n) is 4.12. The molecule has 5 nitrogen and oxygen atoms in total. The van der Waals surface area contributed by atoms with Gasteiger partial charge in [-0.3, -0.25) is 4.79 Å². The van der Waals surface area contributed by atoms with E-state index in [0.29, 0.717) is 24.8 Å². The summed E-state index contributed by atoms with van der Waals surface area (Å²) >= 11 is 0. The SMILES string of the molecule is N#C/C(=C\c1ccc(N2CCOCC2)cc1)C(=O)Nc1ccc(F)cc1F. The zero-order valence-corrected chi connectivity index (χ0v) is 14.4. The minimum atomic E-state index is -0.907. The molecule has 0 saturated carbocycles. The van der Waals surface area contributed by atoms with Crippen LogP contribution < -0.4 is 10.2 Å². The molecule has 1 fully saturated rings. The Bertz CT molecular complexity index is 898. The number of carbonyl (C=O) groups is 1. The van der Waals surface area contributed by atoms with Gasteiger partial charge in [0, 0.05) is 24.8 Å². The number of ether oxygens (including phenoxy) is 1. The van der Waals surface area contributed by atoms with Crippen molar-refractivity contribution >= 4 is 23.4 Å². The van der Waals surface area contributed by atoms with Crippen molar-refractivity contribution in [1.29, 1.82) is 5.26 Å². The van der Waals surface area contributed by atoms with Gasteiger partial charge in [-0.25, -0.2) is 8.78 Å². The fourth-order valence-corrected chi connectivity index (χ4v) is 2.70. The maximum Gasteiger partial charge on any atom is 0.266 e. The number of carbonyl (C=O) groups excluding carboxylic acids is 1. The van der Waals surface area contributed by atoms with Gasteiger partial charge in [0.05, 0.1) is 18.9 Å². The number of nitriles is 1. The Kier molecular flexibility index (Phi) is 5.79. The molecular formula is C20H17F2N3O2. The van der Waals surface area contributed by atoms with E-state index in [9.17, 15) is 18.8 Å². The zero-order chi connectivity index (χ0) is 19.2. The molecule has 0 aliphatic carbocycles. The van der Waals surface area contributed by atoms with Crippen LogP contribution in [0.4, 0.5) is 20.2 Å². The summed E-state index contributed by atoms with van der Waals surface area (Å²) in [5.41, 5.74) is 1.33. The van der Waals surface area contributed by atoms with Crippen LogP contribution in [0.3, 0.4) is 0 Å². The fraction of sp³-hybridized carbons (Fsp3) is 0.200. The van der Waals surface area contributed by atoms with Crippen LogP contribution >= 0.6 is 0 Å². The minimum absolute atomic E-state index is 0.183. The van der Waals surface area contributed by atoms with E-state index in [1.165, 1.54) is 6.08 Å². The summed E-state index contributed by atoms with van der Waals surface area (Å²) in [5.74, 6) is -2.42. The van der Waals surface area contributed by atoms with Crippen LogP contribution in [0.2, 0.25) is 0 Å². The molecule has 1 heterocycles. The molecule has 0 spiro atoms. The summed E-state index contributed by atoms with van der Waals surface area (Å²) in [7, 11) is 0. The number of morpholine rings is 1. The molecule has 1 saturated heterocycles. The number of rotatable bonds is 4. The molecule has 7 heteroatoms. The van der Waals surface area contributed by atoms with E-state index < -0.39 is 17.5 Å². The predicted molar refractivity (Wildman–Crippen MR) is 98.1 cm³/mol. The molecule has 1 aliphatic heterocycles. The van der Waals surface area contributed by atoms with Gasteiger partial charge in [-0.15, -0.1) is 0 Å². The number of benzene rings is 2. The van der Waals surface area contributed by atoms with Crippen LogP contribution in [-0.4, -0.2) is 32.2 Å². The molecule has 0 atom stereocenters. The topological polar surface area (TPSA) is 65.4 Å². The van der Waals surface area contributed by atoms with Crippen molar-refractivity contribution in [3.63, 3.8) is 0 Å². The molecule has 138 valence electrons. The van der Waals surface area contributed by atoms with Crippen molar-refractivity contribution < 1.29 is 18.3 Å². The largest absolute Gasteiger partial charge is 0.378 e. The molecule has 0 aromatic heterocycles. The first-order valence-corrected chi connectivity index (χ1v) is 8.38. The van der Waals surface area contributed by atoms with Crippen LogP contribution in [0.15, 0.2) is 48.0 Å². The van der Waals surface area contributed by atoms with Crippen LogP contribution in [0.5, 0.6) is 0 Å². The molecule has 1 N–H and O–H groups in total. The molecule has 0 unspecified atom stereocenters. The fourth-order valence-electron chi connectivity index (χ4n) is 2.70. The number of anilines is 2. The van der Waals surface area contributed by atoms with E-state index in [1.807, 2.05) is 12.1 Å². The Morgan fingerprint density at radius 3 is 2.48 bits per heavy atom. The van der Waals surface area contributed by atoms with Gasteiger partial charge in [0.15, 0.2) is 0 Å². The minimum Gasteiger partial charge on any atom is -0.378 e. The number of halogens is 2. The van der Waals surface area contributed by atoms with Gasteiger partial charge in [0.25, 0.3) is 5.91 Å². The Morgan fingerprint density at radius 1 is 1.15 bits per heavy atom. The first kappa shape index (κ1) is 18.5. The molecule has 2 aromatic rings. The van der Waals surface area contributed by atoms with Crippen LogP contribution in [0.25, 0.3) is 6.08 Å². The Morgan fingerprint density at radius 2 is 1.85 bits per heavy atom. The second-order valence-electron chi connectivity index (χ2n) is 5.94. The molecule has 27 heavy (non-hydrogen) atoms. The summed E-state index contributed by atoms with van der Waals surface area (Å²) in [6.07, 6.45) is 1.42. The van der Waals surface area contributed by atoms with Crippen molar-refractivity contribution in [2.24, 2.45) is 0 Å². The summed E-state index contributed by atoms with van der Waals surface area (Å²) in [4.78, 5) is 14.4. The Labute approximate surface area is 155 Å². The maximum atomic E-state index is 13.7. The van der Waals surface area contributed by atoms with Gasteiger partial charge in [-0.05, 0) is 35.9 Å². The third-order valence-corrected chi connectivity index (χ3v) is 4.12. The standard InChI is InChI=1S/C20H17F2N3O2/c21-16-3-6-19(18(22)12-16)24-20(26)15(13-23)11-14-1-4-17(5-2-14)25-7-9-27-10-8-25/h1-6,11-12H,7-10H2,(H,24,26)/b15-11+. The molecule has 3 rings (SSSR count). The Balaban J connectivity index is 1.73. The maximum absolute atomic E-state index is 13.7. The molecule has 0 bridgehead atoms. The highest BCUT2D eigenvalue weighted by atomic mass is 19.1. The molecule has 0 radical (unpaired) electrons. The van der Waals surface area contributed by atoms with Crippen molar-refractivity contribution in [2.75, 3.05) is 36.5 Å². The monoisotopic (exact) mass is 369 g/mol. The number of amides is 1. The smallest absolute Gasteiger partial charge is 0.266 e. The average Bonchev–Trinajstić information content (AvgIpc) is 2.69. The van der Waals surface area contributed by atoms with E-state index in [4.69, 9.17) is 4.74 Å². The van der Waals surface area contributed by atoms with Gasteiger partial charge in [-0.2, -0.15) is 5.26 Å². The van der Waals surface area contributed by atoms with Gasteiger partial charge in [0.2, 0.25) is 0 Å². The molecular weight excluding hydrogens is 352 g/mol. The first-order valence-electron chi connectivity index (χ1n) is 8.38. The van der Waals surface area contributed by atoms with Gasteiger partial charge in [0.1, 0.15) is 23.3 Å². The molecule has 1 aliphatic rings. The van der Waals surface area contributed by atoms with E-state index in [1.54, 1.807) is 18.2 Å². The summed E-state index contributed by atoms with van der Waals surface area (Å²) in [6, 6.07) is 12.0. The number of nitrogens with zero attached hydrogens (tertiary/aromatic N) is 2. The second kappa shape index (κ2) is 8.43. The molecule has 1 amide bonds. The average molecular weight is 369 g/mol. The molecule has 2 aromatic carbocycles. The first-order chi connectivity index (χ1) is 13.1. The van der Waals surface area contributed by atoms with Gasteiger partial charge in [-0.1, -0.05) is 12.1 Å². The van der Waals surface area contributed by atoms with E-state index in [-0.39, 0.29) is 11.3 Å². The lowest BCUT2D eigenvalue weighted by atomic mass is 10.1. The predicted octanol–water partition coefficient (Wildman–Crippen LogP) is 3.35. The normalized spacial score (nSPS) is 14.6. The van der Waals surface area contributed by atoms with Crippen molar-refractivity contribution in [3.8, 4) is 6.07 Å². The number of hydrogen-bond acceptors (Lipinski definition) is 4. The number of nitrogens with one attached hydrogen (secondary N) is 1. The lowest BCUT2D eigenvalue weighted by Crippen LogP contribution is -2.36. The number of hydrogen-bond donors (Lipinski definition) is 1. The summed E-state index contributed by atoms with van der Waals surface area (Å²) in [6.45, 7) is 2.98. The Hall–Kier alpha value is -3.24. The van der Waals surface area contributed by atoms with Crippen molar-refractivity contribution in [2.45, 2.75) is 0 Å². The summed E-state index contributed by atoms with van der Waals surface area (Å²) in [5, 5.41) is 11.5. The highest BCUT2D eigenvalue weighted by Gasteiger charge is 2.14. The van der Waals surface area contributed by atoms with Crippen LogP contribution in [0.1, 0.15) is 5.56 Å². The lowest BCUT2D eigenvalue weighted by Gasteiger charge is -2.28. The highest BCUT2D eigenvalue weighted by Crippen LogP contribution is 2.19. The van der Waals surface area contributed by atoms with Crippen molar-refractivity contribution in [3.05, 3.63) is 65.2 Å². The van der Waals surface area contributed by atoms with Gasteiger partial charge >= 0.3 is 0 Å². The van der Waals surface area contributed by atoms with Crippen LogP contribution in [0, 0.1) is 23.0 Å². The third kappa shape index (κ3) is 4.68. The van der Waals surface area contributed by atoms with Crippen LogP contribution in [-0.2, 0) is 9.53 Å². The highest BCUT2D eigenvalue weighted by molar-refractivity contribution is 6.09. The quantitative estimate of drug-likeness (QED) is 0.663. The van der Waals surface area contributed by atoms with Crippen molar-refractivity contribution in [1.82, 2.24) is 0 Å². The van der Waals surface area contributed by atoms with Gasteiger partial charge < -0.3 is 15.0 Å². The lowest BCUT2D eigenvalue weighted by molar-refractivity contribution is -0.112. The zero-order valence-electron chi connectivity index (χ0n) is 14.4. The van der Waals surface area contributed by atoms with E-state index in [2.05, 4.69) is 10.2 Å². The summed E-state index contributed by atoms with van der Waals surface area (Å²) < 4.78 is 31.9. The van der Waals surface area contributed by atoms with E-state index >= 15 is 0 Å². The van der Waals surface area contributed by atoms with E-state index in [0.717, 1.165) is 30.9 Å².